The van der Waals surface area contributed by atoms with E-state index in [0.29, 0.717) is 42.1 Å². The number of nitrogens with zero attached hydrogens (tertiary/aromatic N) is 2. The van der Waals surface area contributed by atoms with Crippen molar-refractivity contribution in [1.29, 1.82) is 0 Å². The number of anilines is 1. The predicted octanol–water partition coefficient (Wildman–Crippen LogP) is 4.14. The highest BCUT2D eigenvalue weighted by Gasteiger charge is 2.35. The number of hydrogen-bond donors (Lipinski definition) is 2. The van der Waals surface area contributed by atoms with Crippen molar-refractivity contribution in [1.82, 2.24) is 15.1 Å². The van der Waals surface area contributed by atoms with Gasteiger partial charge in [0.2, 0.25) is 5.91 Å². The number of halogens is 3. The molecule has 2 aromatic rings. The van der Waals surface area contributed by atoms with Gasteiger partial charge < -0.3 is 15.4 Å². The molecule has 1 aliphatic carbocycles. The number of carbonyl (C=O) groups excluding carboxylic acids is 2. The first-order valence-electron chi connectivity index (χ1n) is 11.2. The second kappa shape index (κ2) is 10.3. The molecule has 1 aromatic heterocycles. The van der Waals surface area contributed by atoms with E-state index in [1.54, 1.807) is 16.8 Å². The van der Waals surface area contributed by atoms with Gasteiger partial charge in [0.05, 0.1) is 17.5 Å². The van der Waals surface area contributed by atoms with Gasteiger partial charge in [-0.1, -0.05) is 12.1 Å². The number of aryl methyl sites for hydroxylation is 1. The fraction of sp³-hybridized carbons (Fsp3) is 0.522. The van der Waals surface area contributed by atoms with Gasteiger partial charge in [-0.25, -0.2) is 4.68 Å². The lowest BCUT2D eigenvalue weighted by atomic mass is 9.93. The summed E-state index contributed by atoms with van der Waals surface area (Å²) in [5, 5.41) is 10.6. The first-order valence-corrected chi connectivity index (χ1v) is 12.6. The topological polar surface area (TPSA) is 85.2 Å². The van der Waals surface area contributed by atoms with Gasteiger partial charge in [-0.15, -0.1) is 0 Å². The minimum Gasteiger partial charge on any atom is -0.484 e. The SMILES string of the molecule is CSCC(=O)Nc1c2c(nn1C1CCC1)CC(CCc1cccc(OCC(F)(F)F)c1)NC2=O. The molecule has 2 heterocycles. The van der Waals surface area contributed by atoms with E-state index in [-0.39, 0.29) is 29.6 Å². The molecule has 0 bridgehead atoms. The van der Waals surface area contributed by atoms with Crippen molar-refractivity contribution in [3.8, 4) is 5.75 Å². The Morgan fingerprint density at radius 3 is 2.82 bits per heavy atom. The molecule has 0 radical (unpaired) electrons. The molecule has 2 aliphatic rings. The van der Waals surface area contributed by atoms with Gasteiger partial charge in [-0.2, -0.15) is 30.0 Å². The minimum atomic E-state index is -4.39. The van der Waals surface area contributed by atoms with Crippen LogP contribution in [0.1, 0.15) is 53.3 Å². The maximum Gasteiger partial charge on any atom is 0.422 e. The van der Waals surface area contributed by atoms with Crippen LogP contribution in [-0.4, -0.2) is 52.4 Å². The molecular weight excluding hydrogens is 469 g/mol. The van der Waals surface area contributed by atoms with Crippen molar-refractivity contribution in [2.24, 2.45) is 0 Å². The van der Waals surface area contributed by atoms with Crippen molar-refractivity contribution in [3.63, 3.8) is 0 Å². The molecular formula is C23H27F3N4O3S. The number of fused-ring (bicyclic) bond motifs is 1. The maximum atomic E-state index is 13.0. The van der Waals surface area contributed by atoms with E-state index in [2.05, 4.69) is 10.6 Å². The van der Waals surface area contributed by atoms with E-state index in [1.807, 2.05) is 12.3 Å². The van der Waals surface area contributed by atoms with E-state index < -0.39 is 12.8 Å². The smallest absolute Gasteiger partial charge is 0.422 e. The maximum absolute atomic E-state index is 13.0. The number of rotatable bonds is 9. The molecule has 1 aliphatic heterocycles. The number of alkyl halides is 3. The Labute approximate surface area is 199 Å². The van der Waals surface area contributed by atoms with Crippen LogP contribution in [0, 0.1) is 0 Å². The Morgan fingerprint density at radius 2 is 2.15 bits per heavy atom. The number of nitrogens with one attached hydrogen (secondary N) is 2. The lowest BCUT2D eigenvalue weighted by Crippen LogP contribution is -2.41. The van der Waals surface area contributed by atoms with Crippen LogP contribution in [0.5, 0.6) is 5.75 Å². The van der Waals surface area contributed by atoms with Crippen LogP contribution in [0.2, 0.25) is 0 Å². The molecule has 0 saturated heterocycles. The highest BCUT2D eigenvalue weighted by atomic mass is 32.2. The Kier molecular flexibility index (Phi) is 7.39. The van der Waals surface area contributed by atoms with Crippen LogP contribution >= 0.6 is 11.8 Å². The Balaban J connectivity index is 1.44. The summed E-state index contributed by atoms with van der Waals surface area (Å²) in [4.78, 5) is 25.3. The normalized spacial score (nSPS) is 18.1. The number of hydrogen-bond acceptors (Lipinski definition) is 5. The zero-order chi connectivity index (χ0) is 24.3. The molecule has 7 nitrogen and oxygen atoms in total. The Hall–Kier alpha value is -2.69. The van der Waals surface area contributed by atoms with Crippen molar-refractivity contribution in [3.05, 3.63) is 41.1 Å². The van der Waals surface area contributed by atoms with Gasteiger partial charge in [-0.05, 0) is 56.1 Å². The van der Waals surface area contributed by atoms with Crippen LogP contribution in [0.3, 0.4) is 0 Å². The molecule has 11 heteroatoms. The number of thioether (sulfide) groups is 1. The predicted molar refractivity (Wildman–Crippen MR) is 123 cm³/mol. The molecule has 1 atom stereocenters. The largest absolute Gasteiger partial charge is 0.484 e. The minimum absolute atomic E-state index is 0.162. The van der Waals surface area contributed by atoms with Crippen LogP contribution in [-0.2, 0) is 17.6 Å². The van der Waals surface area contributed by atoms with Crippen molar-refractivity contribution in [2.45, 2.75) is 56.8 Å². The van der Waals surface area contributed by atoms with E-state index >= 15 is 0 Å². The molecule has 1 fully saturated rings. The fourth-order valence-electron chi connectivity index (χ4n) is 4.19. The van der Waals surface area contributed by atoms with Gasteiger partial charge in [0.1, 0.15) is 17.1 Å². The quantitative estimate of drug-likeness (QED) is 0.545. The first-order chi connectivity index (χ1) is 16.2. The van der Waals surface area contributed by atoms with Gasteiger partial charge in [0.25, 0.3) is 5.91 Å². The standard InChI is InChI=1S/C23H27F3N4O3S/c1-34-12-19(31)28-21-20-18(29-30(21)16-5-3-6-16)11-15(27-22(20)32)9-8-14-4-2-7-17(10-14)33-13-23(24,25)26/h2,4,7,10,15-16H,3,5-6,8-9,11-13H2,1H3,(H,27,32)(H,28,31). The summed E-state index contributed by atoms with van der Waals surface area (Å²) in [7, 11) is 0. The van der Waals surface area contributed by atoms with Gasteiger partial charge >= 0.3 is 6.18 Å². The van der Waals surface area contributed by atoms with Crippen LogP contribution in [0.4, 0.5) is 19.0 Å². The second-order valence-corrected chi connectivity index (χ2v) is 9.51. The summed E-state index contributed by atoms with van der Waals surface area (Å²) in [6.45, 7) is -1.34. The third-order valence-electron chi connectivity index (χ3n) is 6.02. The summed E-state index contributed by atoms with van der Waals surface area (Å²) in [6.07, 6.45) is 2.14. The lowest BCUT2D eigenvalue weighted by molar-refractivity contribution is -0.153. The molecule has 1 unspecified atom stereocenters. The molecule has 2 amide bonds. The van der Waals surface area contributed by atoms with Gasteiger partial charge in [0.15, 0.2) is 6.61 Å². The third kappa shape index (κ3) is 5.86. The lowest BCUT2D eigenvalue weighted by Gasteiger charge is -2.27. The second-order valence-electron chi connectivity index (χ2n) is 8.65. The number of benzene rings is 1. The monoisotopic (exact) mass is 496 g/mol. The molecule has 2 N–H and O–H groups in total. The van der Waals surface area contributed by atoms with E-state index in [4.69, 9.17) is 9.84 Å². The number of aromatic nitrogens is 2. The summed E-state index contributed by atoms with van der Waals surface area (Å²) in [5.41, 5.74) is 1.92. The van der Waals surface area contributed by atoms with Crippen molar-refractivity contribution in [2.75, 3.05) is 23.9 Å². The number of amides is 2. The average Bonchev–Trinajstić information content (AvgIpc) is 3.07. The number of ether oxygens (including phenoxy) is 1. The van der Waals surface area contributed by atoms with Crippen molar-refractivity contribution < 1.29 is 27.5 Å². The van der Waals surface area contributed by atoms with E-state index in [9.17, 15) is 22.8 Å². The van der Waals surface area contributed by atoms with Crippen molar-refractivity contribution >= 4 is 29.4 Å². The molecule has 0 spiro atoms. The van der Waals surface area contributed by atoms with Gasteiger partial charge in [0, 0.05) is 12.5 Å². The van der Waals surface area contributed by atoms with Crippen LogP contribution in [0.25, 0.3) is 0 Å². The van der Waals surface area contributed by atoms with Crippen LogP contribution < -0.4 is 15.4 Å². The number of carbonyl (C=O) groups is 2. The summed E-state index contributed by atoms with van der Waals surface area (Å²) < 4.78 is 43.9. The summed E-state index contributed by atoms with van der Waals surface area (Å²) >= 11 is 1.41. The highest BCUT2D eigenvalue weighted by Crippen LogP contribution is 2.37. The summed E-state index contributed by atoms with van der Waals surface area (Å²) in [6, 6.07) is 6.57. The Morgan fingerprint density at radius 1 is 1.35 bits per heavy atom. The first kappa shape index (κ1) is 24.4. The van der Waals surface area contributed by atoms with E-state index in [0.717, 1.165) is 24.8 Å². The third-order valence-corrected chi connectivity index (χ3v) is 6.57. The van der Waals surface area contributed by atoms with Crippen LogP contribution in [0.15, 0.2) is 24.3 Å². The Bertz CT molecular complexity index is 1050. The average molecular weight is 497 g/mol. The van der Waals surface area contributed by atoms with Gasteiger partial charge in [-0.3, -0.25) is 9.59 Å². The fourth-order valence-corrected chi connectivity index (χ4v) is 4.52. The molecule has 4 rings (SSSR count). The molecule has 34 heavy (non-hydrogen) atoms. The molecule has 1 aromatic carbocycles. The zero-order valence-corrected chi connectivity index (χ0v) is 19.6. The summed E-state index contributed by atoms with van der Waals surface area (Å²) in [5.74, 6) is 0.497. The van der Waals surface area contributed by atoms with E-state index in [1.165, 1.54) is 17.8 Å². The molecule has 1 saturated carbocycles. The zero-order valence-electron chi connectivity index (χ0n) is 18.8. The molecule has 184 valence electrons. The highest BCUT2D eigenvalue weighted by molar-refractivity contribution is 7.99.